The lowest BCUT2D eigenvalue weighted by Gasteiger charge is -2.34. The number of hydrazine groups is 1. The third-order valence-electron chi connectivity index (χ3n) is 8.23. The summed E-state index contributed by atoms with van der Waals surface area (Å²) in [5.41, 5.74) is 15.0. The zero-order valence-electron chi connectivity index (χ0n) is 24.9. The Kier molecular flexibility index (Phi) is 10.7. The minimum Gasteiger partial charge on any atom is -0.494 e. The smallest absolute Gasteiger partial charge is 0.266 e. The maximum atomic E-state index is 14.5. The number of hydrogen-bond donors (Lipinski definition) is 4. The van der Waals surface area contributed by atoms with E-state index in [9.17, 15) is 15.4 Å². The number of hydrogen-bond acceptors (Lipinski definition) is 8. The second-order valence-electron chi connectivity index (χ2n) is 11.4. The lowest BCUT2D eigenvalue weighted by molar-refractivity contribution is -0.130. The molecule has 2 aliphatic rings. The highest BCUT2D eigenvalue weighted by Crippen LogP contribution is 2.45. The highest BCUT2D eigenvalue weighted by Gasteiger charge is 2.54. The van der Waals surface area contributed by atoms with Crippen molar-refractivity contribution in [2.75, 3.05) is 19.8 Å². The van der Waals surface area contributed by atoms with E-state index in [1.54, 1.807) is 30.3 Å². The van der Waals surface area contributed by atoms with Gasteiger partial charge in [-0.15, -0.1) is 0 Å². The van der Waals surface area contributed by atoms with Gasteiger partial charge in [0, 0.05) is 52.2 Å². The number of nitrogens with one attached hydrogen (secondary N) is 2. The standard InChI is InChI=1S/C33H37BrN6O5/c34-27-11-4-3-10-26(27)29-33(21-24-9-2-5-12-28(24)38-40-35,31(42)39-36-22-32(43)17-6-1-7-18-32)37-30(45-29)23-13-15-25(16-14-23)44-20-8-19-41/h2-5,9-16,29,36,41,43H,1,6-8,17-22H2,(H,39,42)/t29-,33-/m0/s1. The number of azide groups is 1. The van der Waals surface area contributed by atoms with Crippen molar-refractivity contribution in [3.8, 4) is 5.75 Å². The number of amides is 1. The Morgan fingerprint density at radius 3 is 2.56 bits per heavy atom. The van der Waals surface area contributed by atoms with Crippen LogP contribution < -0.4 is 15.6 Å². The van der Waals surface area contributed by atoms with E-state index in [0.29, 0.717) is 54.0 Å². The van der Waals surface area contributed by atoms with Gasteiger partial charge in [-0.25, -0.2) is 10.4 Å². The molecular formula is C33H37BrN6O5. The van der Waals surface area contributed by atoms with Crippen molar-refractivity contribution in [3.63, 3.8) is 0 Å². The Labute approximate surface area is 270 Å². The van der Waals surface area contributed by atoms with Gasteiger partial charge >= 0.3 is 0 Å². The van der Waals surface area contributed by atoms with Crippen molar-refractivity contribution in [3.05, 3.63) is 104 Å². The van der Waals surface area contributed by atoms with E-state index in [1.807, 2.05) is 42.5 Å². The number of rotatable bonds is 13. The molecule has 1 heterocycles. The molecule has 12 heteroatoms. The van der Waals surface area contributed by atoms with E-state index < -0.39 is 23.2 Å². The first-order valence-electron chi connectivity index (χ1n) is 15.1. The summed E-state index contributed by atoms with van der Waals surface area (Å²) in [6.07, 6.45) is 3.97. The van der Waals surface area contributed by atoms with Gasteiger partial charge in [-0.1, -0.05) is 82.8 Å². The molecule has 3 aromatic rings. The SMILES string of the molecule is [N-]=[N+]=Nc1ccccc1C[C@]1(C(=O)NNCC2(O)CCCCC2)N=C(c2ccc(OCCCO)cc2)O[C@H]1c1ccccc1Br. The van der Waals surface area contributed by atoms with E-state index in [4.69, 9.17) is 19.6 Å². The molecule has 236 valence electrons. The molecule has 0 aromatic heterocycles. The molecule has 1 fully saturated rings. The van der Waals surface area contributed by atoms with Crippen LogP contribution in [0.15, 0.2) is 87.4 Å². The van der Waals surface area contributed by atoms with Gasteiger partial charge in [-0.05, 0) is 54.3 Å². The lowest BCUT2D eigenvalue weighted by atomic mass is 9.81. The summed E-state index contributed by atoms with van der Waals surface area (Å²) in [6, 6.07) is 21.8. The molecule has 0 saturated heterocycles. The van der Waals surface area contributed by atoms with E-state index in [0.717, 1.165) is 23.7 Å². The lowest BCUT2D eigenvalue weighted by Crippen LogP contribution is -2.56. The van der Waals surface area contributed by atoms with Gasteiger partial charge in [0.25, 0.3) is 5.91 Å². The summed E-state index contributed by atoms with van der Waals surface area (Å²) in [5, 5.41) is 24.0. The molecule has 1 aliphatic heterocycles. The highest BCUT2D eigenvalue weighted by atomic mass is 79.9. The van der Waals surface area contributed by atoms with Crippen LogP contribution in [0, 0.1) is 0 Å². The van der Waals surface area contributed by atoms with Gasteiger partial charge in [0.15, 0.2) is 11.6 Å². The molecule has 0 bridgehead atoms. The van der Waals surface area contributed by atoms with Crippen LogP contribution in [0.5, 0.6) is 5.75 Å². The fraction of sp³-hybridized carbons (Fsp3) is 0.394. The molecular weight excluding hydrogens is 640 g/mol. The van der Waals surface area contributed by atoms with Crippen LogP contribution in [0.2, 0.25) is 0 Å². The van der Waals surface area contributed by atoms with Gasteiger partial charge in [-0.2, -0.15) is 0 Å². The predicted octanol–water partition coefficient (Wildman–Crippen LogP) is 5.97. The number of aliphatic hydroxyl groups is 2. The topological polar surface area (TPSA) is 161 Å². The molecule has 1 saturated carbocycles. The molecule has 0 unspecified atom stereocenters. The Balaban J connectivity index is 1.55. The molecule has 4 N–H and O–H groups in total. The van der Waals surface area contributed by atoms with Gasteiger partial charge in [0.05, 0.1) is 12.2 Å². The minimum absolute atomic E-state index is 0.0419. The molecule has 1 amide bonds. The summed E-state index contributed by atoms with van der Waals surface area (Å²) in [4.78, 5) is 22.5. The third kappa shape index (κ3) is 7.66. The number of carbonyl (C=O) groups is 1. The van der Waals surface area contributed by atoms with Crippen LogP contribution in [0.1, 0.15) is 61.3 Å². The number of halogens is 1. The van der Waals surface area contributed by atoms with Crippen molar-refractivity contribution >= 4 is 33.4 Å². The number of nitrogens with zero attached hydrogens (tertiary/aromatic N) is 4. The first-order chi connectivity index (χ1) is 21.9. The van der Waals surface area contributed by atoms with Crippen molar-refractivity contribution < 1.29 is 24.5 Å². The van der Waals surface area contributed by atoms with Crippen LogP contribution >= 0.6 is 15.9 Å². The molecule has 0 spiro atoms. The van der Waals surface area contributed by atoms with E-state index in [2.05, 4.69) is 36.8 Å². The van der Waals surface area contributed by atoms with Gasteiger partial charge in [0.1, 0.15) is 5.75 Å². The quantitative estimate of drug-likeness (QED) is 0.0574. The Morgan fingerprint density at radius 2 is 1.82 bits per heavy atom. The summed E-state index contributed by atoms with van der Waals surface area (Å²) in [7, 11) is 0. The normalized spacial score (nSPS) is 20.4. The van der Waals surface area contributed by atoms with E-state index in [-0.39, 0.29) is 25.5 Å². The zero-order valence-corrected chi connectivity index (χ0v) is 26.4. The molecule has 2 atom stereocenters. The van der Waals surface area contributed by atoms with Gasteiger partial charge in [0.2, 0.25) is 5.90 Å². The number of carbonyl (C=O) groups excluding carboxylic acids is 1. The van der Waals surface area contributed by atoms with Crippen LogP contribution in [-0.2, 0) is 16.0 Å². The summed E-state index contributed by atoms with van der Waals surface area (Å²) in [5.74, 6) is 0.433. The third-order valence-corrected chi connectivity index (χ3v) is 8.95. The second kappa shape index (κ2) is 14.9. The van der Waals surface area contributed by atoms with Crippen molar-refractivity contribution in [2.24, 2.45) is 10.1 Å². The first-order valence-corrected chi connectivity index (χ1v) is 15.9. The number of ether oxygens (including phenoxy) is 2. The molecule has 1 aliphatic carbocycles. The fourth-order valence-corrected chi connectivity index (χ4v) is 6.32. The average Bonchev–Trinajstić information content (AvgIpc) is 3.43. The first kappa shape index (κ1) is 32.5. The van der Waals surface area contributed by atoms with Crippen molar-refractivity contribution in [1.82, 2.24) is 10.9 Å². The second-order valence-corrected chi connectivity index (χ2v) is 12.3. The number of aliphatic hydroxyl groups excluding tert-OH is 1. The van der Waals surface area contributed by atoms with Crippen LogP contribution in [0.25, 0.3) is 10.4 Å². The highest BCUT2D eigenvalue weighted by molar-refractivity contribution is 9.10. The maximum absolute atomic E-state index is 14.5. The van der Waals surface area contributed by atoms with Gasteiger partial charge in [-0.3, -0.25) is 10.2 Å². The predicted molar refractivity (Wildman–Crippen MR) is 174 cm³/mol. The Bertz CT molecular complexity index is 1560. The largest absolute Gasteiger partial charge is 0.494 e. The van der Waals surface area contributed by atoms with Crippen LogP contribution in [0.3, 0.4) is 0 Å². The summed E-state index contributed by atoms with van der Waals surface area (Å²) < 4.78 is 13.0. The molecule has 45 heavy (non-hydrogen) atoms. The maximum Gasteiger partial charge on any atom is 0.266 e. The van der Waals surface area contributed by atoms with Crippen LogP contribution in [-0.4, -0.2) is 52.9 Å². The molecule has 0 radical (unpaired) electrons. The van der Waals surface area contributed by atoms with Gasteiger partial charge < -0.3 is 19.7 Å². The monoisotopic (exact) mass is 676 g/mol. The minimum atomic E-state index is -1.54. The van der Waals surface area contributed by atoms with Crippen molar-refractivity contribution in [1.29, 1.82) is 0 Å². The molecule has 5 rings (SSSR count). The average molecular weight is 678 g/mol. The van der Waals surface area contributed by atoms with Crippen LogP contribution in [0.4, 0.5) is 5.69 Å². The zero-order chi connectivity index (χ0) is 31.7. The number of benzene rings is 3. The number of aliphatic imine (C=N–C) groups is 1. The molecule has 3 aromatic carbocycles. The Morgan fingerprint density at radius 1 is 1.09 bits per heavy atom. The fourth-order valence-electron chi connectivity index (χ4n) is 5.83. The van der Waals surface area contributed by atoms with Crippen molar-refractivity contribution in [2.45, 2.75) is 62.2 Å². The Hall–Kier alpha value is -3.93. The molecule has 11 nitrogen and oxygen atoms in total. The summed E-state index contributed by atoms with van der Waals surface area (Å²) >= 11 is 3.65. The van der Waals surface area contributed by atoms with E-state index >= 15 is 0 Å². The van der Waals surface area contributed by atoms with E-state index in [1.165, 1.54) is 0 Å². The summed E-state index contributed by atoms with van der Waals surface area (Å²) in [6.45, 7) is 0.618.